The predicted octanol–water partition coefficient (Wildman–Crippen LogP) is 3.52. The predicted molar refractivity (Wildman–Crippen MR) is 118 cm³/mol. The zero-order valence-corrected chi connectivity index (χ0v) is 17.9. The van der Waals surface area contributed by atoms with E-state index in [1.54, 1.807) is 4.90 Å². The average molecular weight is 452 g/mol. The van der Waals surface area contributed by atoms with Gasteiger partial charge >= 0.3 is 0 Å². The van der Waals surface area contributed by atoms with Crippen molar-refractivity contribution < 1.29 is 14.0 Å². The number of anilines is 1. The number of hydrogen-bond acceptors (Lipinski definition) is 4. The maximum absolute atomic E-state index is 14.6. The largest absolute Gasteiger partial charge is 0.341 e. The highest BCUT2D eigenvalue weighted by molar-refractivity contribution is 6.34. The Balaban J connectivity index is 1.51. The van der Waals surface area contributed by atoms with Crippen LogP contribution < -0.4 is 5.32 Å². The molecule has 9 heteroatoms. The van der Waals surface area contributed by atoms with Gasteiger partial charge in [-0.15, -0.1) is 0 Å². The van der Waals surface area contributed by atoms with Crippen molar-refractivity contribution in [3.05, 3.63) is 76.5 Å². The van der Waals surface area contributed by atoms with Crippen molar-refractivity contribution in [1.29, 1.82) is 0 Å². The lowest BCUT2D eigenvalue weighted by molar-refractivity contribution is -0.127. The number of carbonyl (C=O) groups is 2. The molecule has 2 amide bonds. The second-order valence-corrected chi connectivity index (χ2v) is 7.72. The average Bonchev–Trinajstić information content (AvgIpc) is 3.41. The quantitative estimate of drug-likeness (QED) is 0.618. The molecular weight excluding hydrogens is 433 g/mol. The maximum atomic E-state index is 14.6. The van der Waals surface area contributed by atoms with Gasteiger partial charge in [-0.3, -0.25) is 14.3 Å². The molecule has 0 bridgehead atoms. The van der Waals surface area contributed by atoms with Gasteiger partial charge in [0.25, 0.3) is 5.91 Å². The Kier molecular flexibility index (Phi) is 6.19. The van der Waals surface area contributed by atoms with E-state index in [-0.39, 0.29) is 28.5 Å². The second kappa shape index (κ2) is 9.20. The van der Waals surface area contributed by atoms with Crippen LogP contribution in [0.1, 0.15) is 41.0 Å². The van der Waals surface area contributed by atoms with E-state index in [1.165, 1.54) is 30.1 Å². The fourth-order valence-electron chi connectivity index (χ4n) is 3.49. The summed E-state index contributed by atoms with van der Waals surface area (Å²) in [5.41, 5.74) is 1.27. The van der Waals surface area contributed by atoms with E-state index in [9.17, 15) is 14.0 Å². The molecule has 1 fully saturated rings. The van der Waals surface area contributed by atoms with E-state index in [2.05, 4.69) is 27.2 Å². The van der Waals surface area contributed by atoms with Gasteiger partial charge < -0.3 is 10.2 Å². The summed E-state index contributed by atoms with van der Waals surface area (Å²) >= 11 is 6.19. The molecule has 1 saturated heterocycles. The maximum Gasteiger partial charge on any atom is 0.276 e. The van der Waals surface area contributed by atoms with E-state index >= 15 is 0 Å². The van der Waals surface area contributed by atoms with Gasteiger partial charge in [0.2, 0.25) is 5.91 Å². The van der Waals surface area contributed by atoms with E-state index in [0.717, 1.165) is 5.56 Å². The second-order valence-electron chi connectivity index (χ2n) is 7.32. The molecule has 1 atom stereocenters. The molecule has 1 N–H and O–H groups in total. The normalized spacial score (nSPS) is 15.2. The zero-order chi connectivity index (χ0) is 22.7. The van der Waals surface area contributed by atoms with Crippen LogP contribution in [-0.4, -0.2) is 44.6 Å². The molecule has 0 aliphatic carbocycles. The monoisotopic (exact) mass is 451 g/mol. The van der Waals surface area contributed by atoms with Crippen molar-refractivity contribution in [3.8, 4) is 11.8 Å². The molecule has 2 aromatic heterocycles. The number of rotatable bonds is 3. The number of amides is 2. The molecule has 3 aromatic rings. The Bertz CT molecular complexity index is 1230. The molecule has 1 aromatic carbocycles. The molecule has 3 heterocycles. The van der Waals surface area contributed by atoms with Crippen LogP contribution in [0, 0.1) is 17.7 Å². The number of pyridine rings is 1. The number of nitrogens with zero attached hydrogens (tertiary/aromatic N) is 4. The minimum atomic E-state index is -0.718. The Morgan fingerprint density at radius 2 is 1.94 bits per heavy atom. The van der Waals surface area contributed by atoms with Gasteiger partial charge in [-0.2, -0.15) is 5.10 Å². The minimum absolute atomic E-state index is 0.0431. The first-order valence-corrected chi connectivity index (χ1v) is 10.3. The highest BCUT2D eigenvalue weighted by Crippen LogP contribution is 2.27. The van der Waals surface area contributed by atoms with Crippen molar-refractivity contribution in [2.75, 3.05) is 18.4 Å². The summed E-state index contributed by atoms with van der Waals surface area (Å²) in [7, 11) is 0. The van der Waals surface area contributed by atoms with Gasteiger partial charge in [-0.05, 0) is 24.6 Å². The van der Waals surface area contributed by atoms with Crippen molar-refractivity contribution in [2.45, 2.75) is 19.4 Å². The zero-order valence-electron chi connectivity index (χ0n) is 17.2. The number of halogens is 2. The molecular formula is C23H19ClFN5O2. The van der Waals surface area contributed by atoms with Crippen LogP contribution >= 0.6 is 11.6 Å². The molecule has 32 heavy (non-hydrogen) atoms. The lowest BCUT2D eigenvalue weighted by Gasteiger charge is -2.16. The summed E-state index contributed by atoms with van der Waals surface area (Å²) in [4.78, 5) is 30.2. The first-order valence-electron chi connectivity index (χ1n) is 9.95. The van der Waals surface area contributed by atoms with Crippen LogP contribution in [0.15, 0.2) is 48.8 Å². The molecule has 4 rings (SSSR count). The van der Waals surface area contributed by atoms with Crippen molar-refractivity contribution in [1.82, 2.24) is 19.7 Å². The SMILES string of the molecule is CC(=O)N1CC[C@@H](n2ncc(Cl)c2C(=O)Nc2ncc(C#Cc3ccccc3)cc2F)C1. The molecule has 0 saturated carbocycles. The Hall–Kier alpha value is -3.70. The number of aromatic nitrogens is 3. The first kappa shape index (κ1) is 21.5. The minimum Gasteiger partial charge on any atom is -0.341 e. The summed E-state index contributed by atoms with van der Waals surface area (Å²) in [5.74, 6) is 4.14. The van der Waals surface area contributed by atoms with Gasteiger partial charge in [-0.1, -0.05) is 41.6 Å². The lowest BCUT2D eigenvalue weighted by Crippen LogP contribution is -2.28. The van der Waals surface area contributed by atoms with Gasteiger partial charge in [-0.25, -0.2) is 9.37 Å². The Labute approximate surface area is 189 Å². The highest BCUT2D eigenvalue weighted by atomic mass is 35.5. The van der Waals surface area contributed by atoms with Crippen molar-refractivity contribution >= 4 is 29.2 Å². The van der Waals surface area contributed by atoms with Crippen molar-refractivity contribution in [2.24, 2.45) is 0 Å². The fraction of sp³-hybridized carbons (Fsp3) is 0.217. The number of benzene rings is 1. The van der Waals surface area contributed by atoms with E-state index in [4.69, 9.17) is 11.6 Å². The highest BCUT2D eigenvalue weighted by Gasteiger charge is 2.30. The molecule has 7 nitrogen and oxygen atoms in total. The molecule has 1 aliphatic heterocycles. The third-order valence-corrected chi connectivity index (χ3v) is 5.40. The van der Waals surface area contributed by atoms with Gasteiger partial charge in [0.15, 0.2) is 11.6 Å². The summed E-state index contributed by atoms with van der Waals surface area (Å²) < 4.78 is 16.1. The van der Waals surface area contributed by atoms with Crippen LogP contribution in [0.5, 0.6) is 0 Å². The third-order valence-electron chi connectivity index (χ3n) is 5.12. The van der Waals surface area contributed by atoms with Crippen LogP contribution in [-0.2, 0) is 4.79 Å². The van der Waals surface area contributed by atoms with Crippen LogP contribution in [0.2, 0.25) is 5.02 Å². The summed E-state index contributed by atoms with van der Waals surface area (Å²) in [6, 6.07) is 10.3. The molecule has 162 valence electrons. The lowest BCUT2D eigenvalue weighted by atomic mass is 10.2. The summed E-state index contributed by atoms with van der Waals surface area (Å²) in [6.07, 6.45) is 3.38. The van der Waals surface area contributed by atoms with E-state index in [1.807, 2.05) is 30.3 Å². The number of nitrogens with one attached hydrogen (secondary N) is 1. The van der Waals surface area contributed by atoms with Crippen molar-refractivity contribution in [3.63, 3.8) is 0 Å². The number of likely N-dealkylation sites (tertiary alicyclic amines) is 1. The van der Waals surface area contributed by atoms with Crippen LogP contribution in [0.4, 0.5) is 10.2 Å². The Morgan fingerprint density at radius 1 is 1.19 bits per heavy atom. The van der Waals surface area contributed by atoms with E-state index < -0.39 is 11.7 Å². The van der Waals surface area contributed by atoms with Crippen LogP contribution in [0.3, 0.4) is 0 Å². The third kappa shape index (κ3) is 4.63. The fourth-order valence-corrected chi connectivity index (χ4v) is 3.70. The standard InChI is InChI=1S/C23H19ClFN5O2/c1-15(31)29-10-9-18(14-29)30-21(19(24)13-27-30)23(32)28-22-20(25)11-17(12-26-22)8-7-16-5-3-2-4-6-16/h2-6,11-13,18H,9-10,14H2,1H3,(H,26,28,32)/t18-/m1/s1. The number of carbonyl (C=O) groups excluding carboxylic acids is 2. The summed E-state index contributed by atoms with van der Waals surface area (Å²) in [5, 5.41) is 6.78. The molecule has 1 aliphatic rings. The Morgan fingerprint density at radius 3 is 2.62 bits per heavy atom. The molecule has 0 spiro atoms. The molecule has 0 radical (unpaired) electrons. The number of hydrogen-bond donors (Lipinski definition) is 1. The first-order chi connectivity index (χ1) is 15.4. The van der Waals surface area contributed by atoms with Gasteiger partial charge in [0.1, 0.15) is 5.69 Å². The van der Waals surface area contributed by atoms with Crippen LogP contribution in [0.25, 0.3) is 0 Å². The topological polar surface area (TPSA) is 80.1 Å². The van der Waals surface area contributed by atoms with E-state index in [0.29, 0.717) is 25.1 Å². The smallest absolute Gasteiger partial charge is 0.276 e. The van der Waals surface area contributed by atoms with Gasteiger partial charge in [0, 0.05) is 37.3 Å². The summed E-state index contributed by atoms with van der Waals surface area (Å²) in [6.45, 7) is 2.49. The van der Waals surface area contributed by atoms with Gasteiger partial charge in [0.05, 0.1) is 17.3 Å². The molecule has 0 unspecified atom stereocenters.